The molecule has 15 heteroatoms. The Morgan fingerprint density at radius 2 is 1.62 bits per heavy atom. The van der Waals surface area contributed by atoms with Gasteiger partial charge in [-0.25, -0.2) is 22.2 Å². The number of para-hydroxylation sites is 2. The lowest BCUT2D eigenvalue weighted by molar-refractivity contribution is 0.0393. The van der Waals surface area contributed by atoms with E-state index < -0.39 is 22.3 Å². The fraction of sp³-hybridized carbons (Fsp3) is 0.520. The number of halogens is 2. The summed E-state index contributed by atoms with van der Waals surface area (Å²) < 4.78 is 61.7. The molecule has 40 heavy (non-hydrogen) atoms. The SMILES string of the molecule is CN(C)CC=CS(=O)(=O)N1CC2(CN(c3nc(N4CCOCC4)nc(-n4c(C(F)F)nc5ccccc54)n3)C2)C1. The second-order valence-corrected chi connectivity index (χ2v) is 12.6. The molecular weight excluding hydrogens is 544 g/mol. The third-order valence-corrected chi connectivity index (χ3v) is 8.85. The van der Waals surface area contributed by atoms with Crippen molar-refractivity contribution in [2.24, 2.45) is 5.41 Å². The number of ether oxygens (including phenoxy) is 1. The molecule has 3 saturated heterocycles. The van der Waals surface area contributed by atoms with Crippen LogP contribution in [0.25, 0.3) is 17.0 Å². The topological polar surface area (TPSA) is 113 Å². The number of sulfonamides is 1. The molecule has 2 aromatic heterocycles. The van der Waals surface area contributed by atoms with Crippen LogP contribution in [-0.2, 0) is 14.8 Å². The van der Waals surface area contributed by atoms with Gasteiger partial charge in [0.25, 0.3) is 6.43 Å². The van der Waals surface area contributed by atoms with Crippen molar-refractivity contribution in [2.75, 3.05) is 82.9 Å². The summed E-state index contributed by atoms with van der Waals surface area (Å²) in [4.78, 5) is 23.8. The third kappa shape index (κ3) is 5.02. The van der Waals surface area contributed by atoms with Crippen molar-refractivity contribution in [1.82, 2.24) is 33.7 Å². The zero-order valence-electron chi connectivity index (χ0n) is 22.3. The highest BCUT2D eigenvalue weighted by molar-refractivity contribution is 7.92. The van der Waals surface area contributed by atoms with Gasteiger partial charge in [-0.3, -0.25) is 4.57 Å². The van der Waals surface area contributed by atoms with Crippen molar-refractivity contribution in [1.29, 1.82) is 0 Å². The zero-order valence-corrected chi connectivity index (χ0v) is 23.1. The molecule has 12 nitrogen and oxygen atoms in total. The van der Waals surface area contributed by atoms with Gasteiger partial charge in [0.05, 0.1) is 24.2 Å². The average Bonchev–Trinajstić information content (AvgIpc) is 3.27. The van der Waals surface area contributed by atoms with Crippen molar-refractivity contribution < 1.29 is 21.9 Å². The highest BCUT2D eigenvalue weighted by Gasteiger charge is 2.55. The molecule has 0 saturated carbocycles. The molecule has 3 fully saturated rings. The molecule has 3 aliphatic rings. The van der Waals surface area contributed by atoms with Crippen molar-refractivity contribution in [3.63, 3.8) is 0 Å². The fourth-order valence-corrected chi connectivity index (χ4v) is 6.75. The molecule has 0 unspecified atom stereocenters. The number of benzene rings is 1. The van der Waals surface area contributed by atoms with Gasteiger partial charge >= 0.3 is 0 Å². The summed E-state index contributed by atoms with van der Waals surface area (Å²) in [6.45, 7) is 4.61. The number of nitrogens with zero attached hydrogens (tertiary/aromatic N) is 9. The number of hydrogen-bond donors (Lipinski definition) is 0. The van der Waals surface area contributed by atoms with Gasteiger partial charge in [-0.05, 0) is 26.2 Å². The monoisotopic (exact) mass is 575 g/mol. The van der Waals surface area contributed by atoms with E-state index in [1.54, 1.807) is 30.3 Å². The van der Waals surface area contributed by atoms with Gasteiger partial charge in [0.15, 0.2) is 5.82 Å². The molecule has 1 aromatic carbocycles. The predicted molar refractivity (Wildman–Crippen MR) is 145 cm³/mol. The molecule has 0 aliphatic carbocycles. The van der Waals surface area contributed by atoms with Crippen molar-refractivity contribution in [2.45, 2.75) is 6.43 Å². The molecule has 3 aliphatic heterocycles. The maximum absolute atomic E-state index is 14.1. The van der Waals surface area contributed by atoms with Crippen LogP contribution in [0.4, 0.5) is 20.7 Å². The average molecular weight is 576 g/mol. The maximum Gasteiger partial charge on any atom is 0.296 e. The van der Waals surface area contributed by atoms with E-state index in [1.165, 1.54) is 14.3 Å². The first-order valence-electron chi connectivity index (χ1n) is 13.1. The van der Waals surface area contributed by atoms with Crippen LogP contribution in [0.2, 0.25) is 0 Å². The van der Waals surface area contributed by atoms with E-state index in [0.29, 0.717) is 82.0 Å². The number of likely N-dealkylation sites (N-methyl/N-ethyl adjacent to an activating group) is 1. The maximum atomic E-state index is 14.1. The van der Waals surface area contributed by atoms with Gasteiger partial charge in [0.1, 0.15) is 0 Å². The number of alkyl halides is 2. The highest BCUT2D eigenvalue weighted by Crippen LogP contribution is 2.43. The van der Waals surface area contributed by atoms with E-state index >= 15 is 0 Å². The molecule has 214 valence electrons. The largest absolute Gasteiger partial charge is 0.378 e. The van der Waals surface area contributed by atoms with E-state index in [-0.39, 0.29) is 11.4 Å². The van der Waals surface area contributed by atoms with Crippen LogP contribution in [0.15, 0.2) is 35.7 Å². The molecule has 3 aromatic rings. The van der Waals surface area contributed by atoms with Crippen LogP contribution < -0.4 is 9.80 Å². The minimum absolute atomic E-state index is 0.0697. The number of aromatic nitrogens is 5. The van der Waals surface area contributed by atoms with Crippen molar-refractivity contribution >= 4 is 33.0 Å². The van der Waals surface area contributed by atoms with Crippen LogP contribution in [-0.4, -0.2) is 115 Å². The lowest BCUT2D eigenvalue weighted by atomic mass is 9.74. The van der Waals surface area contributed by atoms with Crippen LogP contribution in [0.5, 0.6) is 0 Å². The van der Waals surface area contributed by atoms with E-state index in [2.05, 4.69) is 15.0 Å². The molecule has 0 bridgehead atoms. The Balaban J connectivity index is 1.27. The van der Waals surface area contributed by atoms with Gasteiger partial charge < -0.3 is 19.4 Å². The Labute approximate surface area is 230 Å². The normalized spacial score (nSPS) is 19.8. The van der Waals surface area contributed by atoms with Gasteiger partial charge in [-0.15, -0.1) is 0 Å². The fourth-order valence-electron chi connectivity index (χ4n) is 5.34. The number of rotatable bonds is 8. The summed E-state index contributed by atoms with van der Waals surface area (Å²) in [6.07, 6.45) is -1.19. The van der Waals surface area contributed by atoms with Crippen molar-refractivity contribution in [3.05, 3.63) is 41.6 Å². The molecule has 0 radical (unpaired) electrons. The molecule has 0 amide bonds. The first-order chi connectivity index (χ1) is 19.1. The molecule has 6 rings (SSSR count). The number of morpholine rings is 1. The van der Waals surface area contributed by atoms with Gasteiger partial charge in [0.2, 0.25) is 27.9 Å². The molecule has 0 N–H and O–H groups in total. The van der Waals surface area contributed by atoms with Gasteiger partial charge in [-0.1, -0.05) is 18.2 Å². The van der Waals surface area contributed by atoms with Gasteiger partial charge in [0, 0.05) is 56.6 Å². The molecule has 1 spiro atoms. The second kappa shape index (κ2) is 10.3. The predicted octanol–water partition coefficient (Wildman–Crippen LogP) is 1.51. The van der Waals surface area contributed by atoms with Crippen LogP contribution >= 0.6 is 0 Å². The lowest BCUT2D eigenvalue weighted by Crippen LogP contribution is -2.73. The second-order valence-electron chi connectivity index (χ2n) is 10.7. The lowest BCUT2D eigenvalue weighted by Gasteiger charge is -2.59. The first-order valence-corrected chi connectivity index (χ1v) is 14.6. The minimum atomic E-state index is -3.47. The summed E-state index contributed by atoms with van der Waals surface area (Å²) in [5, 5.41) is 1.26. The first kappa shape index (κ1) is 26.9. The summed E-state index contributed by atoms with van der Waals surface area (Å²) >= 11 is 0. The van der Waals surface area contributed by atoms with E-state index in [1.807, 2.05) is 28.8 Å². The standard InChI is InChI=1S/C25H31F2N9O3S/c1-32(2)8-5-13-40(37,38)35-16-25(17-35)14-34(15-25)23-29-22(33-9-11-39-12-10-33)30-24(31-23)36-19-7-4-3-6-18(19)28-21(36)20(26)27/h3-7,13,20H,8-12,14-17H2,1-2H3. The Morgan fingerprint density at radius 1 is 0.975 bits per heavy atom. The Kier molecular flexibility index (Phi) is 6.92. The van der Waals surface area contributed by atoms with E-state index in [9.17, 15) is 17.2 Å². The minimum Gasteiger partial charge on any atom is -0.378 e. The zero-order chi connectivity index (χ0) is 28.1. The Hall–Kier alpha value is -3.27. The highest BCUT2D eigenvalue weighted by atomic mass is 32.2. The number of imidazole rings is 1. The molecule has 0 atom stereocenters. The van der Waals surface area contributed by atoms with Crippen LogP contribution in [0.3, 0.4) is 0 Å². The van der Waals surface area contributed by atoms with E-state index in [4.69, 9.17) is 9.72 Å². The Morgan fingerprint density at radius 3 is 2.30 bits per heavy atom. The summed E-state index contributed by atoms with van der Waals surface area (Å²) in [7, 11) is 0.275. The number of fused-ring (bicyclic) bond motifs is 1. The Bertz CT molecular complexity index is 1530. The smallest absolute Gasteiger partial charge is 0.296 e. The molecular formula is C25H31F2N9O3S. The third-order valence-electron chi connectivity index (χ3n) is 7.33. The summed E-state index contributed by atoms with van der Waals surface area (Å²) in [5.41, 5.74) is 0.709. The quantitative estimate of drug-likeness (QED) is 0.392. The summed E-state index contributed by atoms with van der Waals surface area (Å²) in [5.74, 6) is 0.377. The van der Waals surface area contributed by atoms with Gasteiger partial charge in [-0.2, -0.15) is 19.3 Å². The number of hydrogen-bond acceptors (Lipinski definition) is 10. The van der Waals surface area contributed by atoms with Crippen molar-refractivity contribution in [3.8, 4) is 5.95 Å². The van der Waals surface area contributed by atoms with Crippen LogP contribution in [0, 0.1) is 5.41 Å². The van der Waals surface area contributed by atoms with Crippen LogP contribution in [0.1, 0.15) is 12.2 Å². The summed E-state index contributed by atoms with van der Waals surface area (Å²) in [6, 6.07) is 6.88. The van der Waals surface area contributed by atoms with E-state index in [0.717, 1.165) is 0 Å². The molecule has 5 heterocycles. The number of anilines is 2.